The largest absolute Gasteiger partial charge is 0.394 e. The Morgan fingerprint density at radius 1 is 1.26 bits per heavy atom. The minimum absolute atomic E-state index is 0.143. The Kier molecular flexibility index (Phi) is 6.49. The van der Waals surface area contributed by atoms with Crippen molar-refractivity contribution >= 4 is 17.5 Å². The van der Waals surface area contributed by atoms with Crippen LogP contribution < -0.4 is 5.32 Å². The lowest BCUT2D eigenvalue weighted by Crippen LogP contribution is -2.46. The molecule has 3 aromatic rings. The number of nitriles is 1. The number of aliphatic hydroxyl groups excluding tert-OH is 1. The number of aromatic nitrogens is 2. The minimum atomic E-state index is -0.691. The molecule has 0 saturated carbocycles. The van der Waals surface area contributed by atoms with Crippen molar-refractivity contribution < 1.29 is 9.90 Å². The Morgan fingerprint density at radius 2 is 2.00 bits per heavy atom. The van der Waals surface area contributed by atoms with Gasteiger partial charge in [-0.15, -0.1) is 0 Å². The van der Waals surface area contributed by atoms with Gasteiger partial charge in [-0.25, -0.2) is 4.68 Å². The molecule has 7 heteroatoms. The van der Waals surface area contributed by atoms with Crippen LogP contribution in [-0.4, -0.2) is 32.9 Å². The van der Waals surface area contributed by atoms with Gasteiger partial charge in [0.25, 0.3) is 5.91 Å². The zero-order valence-electron chi connectivity index (χ0n) is 18.0. The molecule has 0 aliphatic rings. The van der Waals surface area contributed by atoms with E-state index in [1.165, 1.54) is 0 Å². The molecule has 0 spiro atoms. The maximum absolute atomic E-state index is 12.6. The molecule has 160 valence electrons. The van der Waals surface area contributed by atoms with Crippen LogP contribution in [0.1, 0.15) is 52.3 Å². The van der Waals surface area contributed by atoms with Crippen molar-refractivity contribution in [3.05, 3.63) is 81.1 Å². The maximum Gasteiger partial charge on any atom is 0.251 e. The summed E-state index contributed by atoms with van der Waals surface area (Å²) in [6.45, 7) is 7.33. The smallest absolute Gasteiger partial charge is 0.251 e. The Hall–Kier alpha value is -3.14. The van der Waals surface area contributed by atoms with Crippen molar-refractivity contribution in [1.29, 1.82) is 5.26 Å². The summed E-state index contributed by atoms with van der Waals surface area (Å²) in [5.41, 5.74) is 4.96. The summed E-state index contributed by atoms with van der Waals surface area (Å²) in [5, 5.41) is 26.4. The van der Waals surface area contributed by atoms with E-state index in [0.717, 1.165) is 28.2 Å². The zero-order valence-corrected chi connectivity index (χ0v) is 18.8. The summed E-state index contributed by atoms with van der Waals surface area (Å²) >= 11 is 6.19. The molecule has 3 rings (SSSR count). The Morgan fingerprint density at radius 3 is 2.65 bits per heavy atom. The Bertz CT molecular complexity index is 1170. The standard InChI is InChI=1S/C24H25ClN4O2/c1-15-21(16(2)29(28-15)20-9-8-19(13-26)22(25)12-20)11-17-6-5-7-18(10-17)23(31)27-24(3,4)14-30/h5-10,12,30H,11,14H2,1-4H3,(H,27,31). The number of nitrogens with one attached hydrogen (secondary N) is 1. The van der Waals surface area contributed by atoms with Gasteiger partial charge in [0.1, 0.15) is 6.07 Å². The van der Waals surface area contributed by atoms with Gasteiger partial charge in [-0.1, -0.05) is 23.7 Å². The quantitative estimate of drug-likeness (QED) is 0.608. The van der Waals surface area contributed by atoms with Gasteiger partial charge in [0.15, 0.2) is 0 Å². The number of rotatable bonds is 6. The van der Waals surface area contributed by atoms with E-state index in [9.17, 15) is 9.90 Å². The monoisotopic (exact) mass is 436 g/mol. The molecule has 31 heavy (non-hydrogen) atoms. The summed E-state index contributed by atoms with van der Waals surface area (Å²) in [7, 11) is 0. The number of aliphatic hydroxyl groups is 1. The molecule has 0 radical (unpaired) electrons. The van der Waals surface area contributed by atoms with Gasteiger partial charge in [-0.2, -0.15) is 10.4 Å². The molecule has 6 nitrogen and oxygen atoms in total. The van der Waals surface area contributed by atoms with Gasteiger partial charge in [0.05, 0.1) is 34.1 Å². The van der Waals surface area contributed by atoms with Gasteiger partial charge < -0.3 is 10.4 Å². The van der Waals surface area contributed by atoms with Crippen molar-refractivity contribution in [2.75, 3.05) is 6.61 Å². The highest BCUT2D eigenvalue weighted by atomic mass is 35.5. The molecule has 1 aromatic heterocycles. The molecule has 2 N–H and O–H groups in total. The molecular formula is C24H25ClN4O2. The topological polar surface area (TPSA) is 90.9 Å². The number of carbonyl (C=O) groups is 1. The molecule has 2 aromatic carbocycles. The molecule has 1 heterocycles. The van der Waals surface area contributed by atoms with E-state index < -0.39 is 5.54 Å². The number of hydrogen-bond donors (Lipinski definition) is 2. The normalized spacial score (nSPS) is 11.3. The third-order valence-electron chi connectivity index (χ3n) is 5.18. The maximum atomic E-state index is 12.6. The second-order valence-corrected chi connectivity index (χ2v) is 8.62. The second kappa shape index (κ2) is 8.93. The number of nitrogens with zero attached hydrogens (tertiary/aromatic N) is 3. The molecule has 0 unspecified atom stereocenters. The molecule has 0 aliphatic heterocycles. The van der Waals surface area contributed by atoms with E-state index >= 15 is 0 Å². The second-order valence-electron chi connectivity index (χ2n) is 8.21. The summed E-state index contributed by atoms with van der Waals surface area (Å²) in [6, 6.07) is 14.7. The Labute approximate surface area is 187 Å². The first-order chi connectivity index (χ1) is 14.6. The van der Waals surface area contributed by atoms with Crippen molar-refractivity contribution in [3.8, 4) is 11.8 Å². The molecule has 0 fully saturated rings. The lowest BCUT2D eigenvalue weighted by atomic mass is 10.0. The van der Waals surface area contributed by atoms with Crippen molar-refractivity contribution in [1.82, 2.24) is 15.1 Å². The van der Waals surface area contributed by atoms with Gasteiger partial charge in [-0.3, -0.25) is 4.79 Å². The summed E-state index contributed by atoms with van der Waals surface area (Å²) in [4.78, 5) is 12.6. The van der Waals surface area contributed by atoms with E-state index in [1.54, 1.807) is 32.0 Å². The zero-order chi connectivity index (χ0) is 22.8. The fraction of sp³-hybridized carbons (Fsp3) is 0.292. The third kappa shape index (κ3) is 4.96. The molecular weight excluding hydrogens is 412 g/mol. The molecule has 1 amide bonds. The average molecular weight is 437 g/mol. The summed E-state index contributed by atoms with van der Waals surface area (Å²) in [6.07, 6.45) is 0.617. The number of hydrogen-bond acceptors (Lipinski definition) is 4. The first-order valence-corrected chi connectivity index (χ1v) is 10.3. The fourth-order valence-corrected chi connectivity index (χ4v) is 3.57. The van der Waals surface area contributed by atoms with Gasteiger partial charge >= 0.3 is 0 Å². The molecule has 0 atom stereocenters. The van der Waals surface area contributed by atoms with Crippen LogP contribution >= 0.6 is 11.6 Å². The van der Waals surface area contributed by atoms with Crippen LogP contribution in [0.5, 0.6) is 0 Å². The van der Waals surface area contributed by atoms with E-state index in [2.05, 4.69) is 16.5 Å². The number of carbonyl (C=O) groups excluding carboxylic acids is 1. The van der Waals surface area contributed by atoms with Crippen LogP contribution in [-0.2, 0) is 6.42 Å². The number of benzene rings is 2. The SMILES string of the molecule is Cc1nn(-c2ccc(C#N)c(Cl)c2)c(C)c1Cc1cccc(C(=O)NC(C)(C)CO)c1. The van der Waals surface area contributed by atoms with Crippen LogP contribution in [0.2, 0.25) is 5.02 Å². The van der Waals surface area contributed by atoms with Crippen LogP contribution in [0.15, 0.2) is 42.5 Å². The van der Waals surface area contributed by atoms with E-state index in [1.807, 2.05) is 42.8 Å². The average Bonchev–Trinajstić information content (AvgIpc) is 3.02. The third-order valence-corrected chi connectivity index (χ3v) is 5.49. The lowest BCUT2D eigenvalue weighted by Gasteiger charge is -2.23. The highest BCUT2D eigenvalue weighted by molar-refractivity contribution is 6.31. The van der Waals surface area contributed by atoms with Gasteiger partial charge in [0, 0.05) is 23.2 Å². The van der Waals surface area contributed by atoms with Crippen molar-refractivity contribution in [3.63, 3.8) is 0 Å². The van der Waals surface area contributed by atoms with Crippen LogP contribution in [0.3, 0.4) is 0 Å². The highest BCUT2D eigenvalue weighted by Crippen LogP contribution is 2.24. The first-order valence-electron chi connectivity index (χ1n) is 9.92. The molecule has 0 saturated heterocycles. The van der Waals surface area contributed by atoms with E-state index in [0.29, 0.717) is 22.6 Å². The van der Waals surface area contributed by atoms with Gasteiger partial charge in [0.2, 0.25) is 0 Å². The highest BCUT2D eigenvalue weighted by Gasteiger charge is 2.20. The van der Waals surface area contributed by atoms with Crippen molar-refractivity contribution in [2.45, 2.75) is 39.7 Å². The molecule has 0 aliphatic carbocycles. The first kappa shape index (κ1) is 22.5. The summed E-state index contributed by atoms with van der Waals surface area (Å²) < 4.78 is 1.82. The predicted octanol–water partition coefficient (Wildman–Crippen LogP) is 4.11. The van der Waals surface area contributed by atoms with Crippen LogP contribution in [0, 0.1) is 25.2 Å². The van der Waals surface area contributed by atoms with Crippen LogP contribution in [0.25, 0.3) is 5.69 Å². The summed E-state index contributed by atoms with van der Waals surface area (Å²) in [5.74, 6) is -0.225. The number of amides is 1. The van der Waals surface area contributed by atoms with Gasteiger partial charge in [-0.05, 0) is 63.6 Å². The number of halogens is 1. The minimum Gasteiger partial charge on any atom is -0.394 e. The van der Waals surface area contributed by atoms with E-state index in [-0.39, 0.29) is 12.5 Å². The Balaban J connectivity index is 1.88. The number of aryl methyl sites for hydroxylation is 1. The van der Waals surface area contributed by atoms with Crippen LogP contribution in [0.4, 0.5) is 0 Å². The lowest BCUT2D eigenvalue weighted by molar-refractivity contribution is 0.0869. The van der Waals surface area contributed by atoms with E-state index in [4.69, 9.17) is 16.9 Å². The van der Waals surface area contributed by atoms with Crippen molar-refractivity contribution in [2.24, 2.45) is 0 Å². The fourth-order valence-electron chi connectivity index (χ4n) is 3.35. The molecule has 0 bridgehead atoms. The predicted molar refractivity (Wildman–Crippen MR) is 121 cm³/mol.